The highest BCUT2D eigenvalue weighted by Crippen LogP contribution is 2.28. The van der Waals surface area contributed by atoms with Crippen molar-refractivity contribution in [2.24, 2.45) is 0 Å². The van der Waals surface area contributed by atoms with Gasteiger partial charge in [0.05, 0.1) is 37.8 Å². The van der Waals surface area contributed by atoms with Gasteiger partial charge in [-0.2, -0.15) is 4.31 Å². The van der Waals surface area contributed by atoms with Crippen LogP contribution in [0.1, 0.15) is 11.1 Å². The number of hydrogen-bond acceptors (Lipinski definition) is 5. The lowest BCUT2D eigenvalue weighted by Gasteiger charge is -2.23. The van der Waals surface area contributed by atoms with Gasteiger partial charge in [-0.3, -0.25) is 4.79 Å². The van der Waals surface area contributed by atoms with E-state index in [2.05, 4.69) is 5.32 Å². The Balaban J connectivity index is 1.85. The molecule has 0 aliphatic rings. The third kappa shape index (κ3) is 6.21. The molecule has 3 aromatic rings. The van der Waals surface area contributed by atoms with Crippen LogP contribution < -0.4 is 14.8 Å². The Kier molecular flexibility index (Phi) is 8.79. The van der Waals surface area contributed by atoms with Crippen LogP contribution in [0.3, 0.4) is 0 Å². The number of carbonyl (C=O) groups is 1. The topological polar surface area (TPSA) is 84.9 Å². The van der Waals surface area contributed by atoms with E-state index in [4.69, 9.17) is 32.7 Å². The van der Waals surface area contributed by atoms with Gasteiger partial charge in [0.25, 0.3) is 0 Å². The minimum Gasteiger partial charge on any atom is -0.496 e. The van der Waals surface area contributed by atoms with Crippen LogP contribution in [0, 0.1) is 0 Å². The standard InChI is InChI=1S/C24H24Cl2N2O5S/c1-32-22-8-5-9-23(33-2)20(22)14-27-24(29)16-28(15-17-6-3-4-7-21(17)26)34(30,31)19-12-10-18(25)11-13-19/h3-13H,14-16H2,1-2H3,(H,27,29). The molecule has 0 bridgehead atoms. The maximum Gasteiger partial charge on any atom is 0.243 e. The summed E-state index contributed by atoms with van der Waals surface area (Å²) < 4.78 is 38.6. The van der Waals surface area contributed by atoms with Crippen molar-refractivity contribution in [1.82, 2.24) is 9.62 Å². The van der Waals surface area contributed by atoms with Gasteiger partial charge in [0.2, 0.25) is 15.9 Å². The summed E-state index contributed by atoms with van der Waals surface area (Å²) in [6, 6.07) is 17.9. The van der Waals surface area contributed by atoms with E-state index in [0.717, 1.165) is 4.31 Å². The van der Waals surface area contributed by atoms with Gasteiger partial charge >= 0.3 is 0 Å². The monoisotopic (exact) mass is 522 g/mol. The van der Waals surface area contributed by atoms with Gasteiger partial charge in [-0.1, -0.05) is 47.5 Å². The Labute approximate surface area is 209 Å². The molecule has 0 atom stereocenters. The minimum atomic E-state index is -4.03. The summed E-state index contributed by atoms with van der Waals surface area (Å²) in [5.74, 6) is 0.584. The predicted molar refractivity (Wildman–Crippen MR) is 132 cm³/mol. The maximum absolute atomic E-state index is 13.4. The normalized spacial score (nSPS) is 11.3. The number of sulfonamides is 1. The lowest BCUT2D eigenvalue weighted by molar-refractivity contribution is -0.121. The Morgan fingerprint density at radius 2 is 1.53 bits per heavy atom. The zero-order valence-electron chi connectivity index (χ0n) is 18.6. The van der Waals surface area contributed by atoms with Crippen molar-refractivity contribution in [3.05, 3.63) is 87.9 Å². The molecule has 10 heteroatoms. The highest BCUT2D eigenvalue weighted by molar-refractivity contribution is 7.89. The minimum absolute atomic E-state index is 0.0168. The second-order valence-electron chi connectivity index (χ2n) is 7.24. The summed E-state index contributed by atoms with van der Waals surface area (Å²) in [4.78, 5) is 12.9. The van der Waals surface area contributed by atoms with Crippen LogP contribution >= 0.6 is 23.2 Å². The van der Waals surface area contributed by atoms with Crippen molar-refractivity contribution < 1.29 is 22.7 Å². The molecule has 1 N–H and O–H groups in total. The second kappa shape index (κ2) is 11.6. The smallest absolute Gasteiger partial charge is 0.243 e. The van der Waals surface area contributed by atoms with E-state index >= 15 is 0 Å². The van der Waals surface area contributed by atoms with E-state index in [1.165, 1.54) is 38.5 Å². The van der Waals surface area contributed by atoms with Gasteiger partial charge < -0.3 is 14.8 Å². The highest BCUT2D eigenvalue weighted by Gasteiger charge is 2.27. The van der Waals surface area contributed by atoms with Gasteiger partial charge in [-0.05, 0) is 48.0 Å². The van der Waals surface area contributed by atoms with E-state index in [-0.39, 0.29) is 18.0 Å². The van der Waals surface area contributed by atoms with Gasteiger partial charge in [0, 0.05) is 16.6 Å². The lowest BCUT2D eigenvalue weighted by Crippen LogP contribution is -2.40. The molecule has 1 amide bonds. The fourth-order valence-electron chi connectivity index (χ4n) is 3.30. The molecule has 0 aliphatic heterocycles. The first kappa shape index (κ1) is 25.8. The molecule has 0 unspecified atom stereocenters. The molecular formula is C24H24Cl2N2O5S. The SMILES string of the molecule is COc1cccc(OC)c1CNC(=O)CN(Cc1ccccc1Cl)S(=O)(=O)c1ccc(Cl)cc1. The van der Waals surface area contributed by atoms with E-state index in [1.54, 1.807) is 42.5 Å². The summed E-state index contributed by atoms with van der Waals surface area (Å²) in [5.41, 5.74) is 1.21. The number of benzene rings is 3. The Morgan fingerprint density at radius 3 is 2.12 bits per heavy atom. The molecular weight excluding hydrogens is 499 g/mol. The van der Waals surface area contributed by atoms with Gasteiger partial charge in [-0.25, -0.2) is 8.42 Å². The third-order valence-electron chi connectivity index (χ3n) is 5.07. The van der Waals surface area contributed by atoms with Crippen LogP contribution in [-0.4, -0.2) is 39.4 Å². The van der Waals surface area contributed by atoms with Crippen molar-refractivity contribution in [3.63, 3.8) is 0 Å². The number of carbonyl (C=O) groups excluding carboxylic acids is 1. The highest BCUT2D eigenvalue weighted by atomic mass is 35.5. The number of halogens is 2. The van der Waals surface area contributed by atoms with Gasteiger partial charge in [-0.15, -0.1) is 0 Å². The Bertz CT molecular complexity index is 1230. The molecule has 0 saturated carbocycles. The first-order valence-corrected chi connectivity index (χ1v) is 12.4. The zero-order valence-corrected chi connectivity index (χ0v) is 21.0. The fraction of sp³-hybridized carbons (Fsp3) is 0.208. The van der Waals surface area contributed by atoms with Crippen molar-refractivity contribution in [1.29, 1.82) is 0 Å². The molecule has 0 saturated heterocycles. The summed E-state index contributed by atoms with van der Waals surface area (Å²) in [6.45, 7) is -0.420. The number of amides is 1. The summed E-state index contributed by atoms with van der Waals surface area (Å²) >= 11 is 12.2. The first-order valence-electron chi connectivity index (χ1n) is 10.2. The molecule has 3 rings (SSSR count). The summed E-state index contributed by atoms with van der Waals surface area (Å²) in [7, 11) is -0.995. The second-order valence-corrected chi connectivity index (χ2v) is 10.0. The number of methoxy groups -OCH3 is 2. The fourth-order valence-corrected chi connectivity index (χ4v) is 5.00. The van der Waals surface area contributed by atoms with Crippen molar-refractivity contribution in [2.75, 3.05) is 20.8 Å². The van der Waals surface area contributed by atoms with Crippen LogP contribution in [0.25, 0.3) is 0 Å². The lowest BCUT2D eigenvalue weighted by atomic mass is 10.1. The summed E-state index contributed by atoms with van der Waals surface area (Å²) in [6.07, 6.45) is 0. The molecule has 0 aliphatic carbocycles. The molecule has 0 aromatic heterocycles. The van der Waals surface area contributed by atoms with Crippen LogP contribution in [-0.2, 0) is 27.9 Å². The van der Waals surface area contributed by atoms with E-state index in [1.807, 2.05) is 0 Å². The van der Waals surface area contributed by atoms with E-state index in [9.17, 15) is 13.2 Å². The van der Waals surface area contributed by atoms with Crippen molar-refractivity contribution in [2.45, 2.75) is 18.0 Å². The Morgan fingerprint density at radius 1 is 0.912 bits per heavy atom. The number of nitrogens with zero attached hydrogens (tertiary/aromatic N) is 1. The third-order valence-corrected chi connectivity index (χ3v) is 7.49. The molecule has 34 heavy (non-hydrogen) atoms. The molecule has 0 heterocycles. The van der Waals surface area contributed by atoms with Gasteiger partial charge in [0.15, 0.2) is 0 Å². The number of rotatable bonds is 10. The largest absolute Gasteiger partial charge is 0.496 e. The van der Waals surface area contributed by atoms with Gasteiger partial charge in [0.1, 0.15) is 11.5 Å². The number of ether oxygens (including phenoxy) is 2. The maximum atomic E-state index is 13.4. The van der Waals surface area contributed by atoms with E-state index < -0.39 is 22.5 Å². The van der Waals surface area contributed by atoms with Crippen molar-refractivity contribution >= 4 is 39.1 Å². The molecule has 0 radical (unpaired) electrons. The van der Waals surface area contributed by atoms with Crippen LogP contribution in [0.15, 0.2) is 71.6 Å². The van der Waals surface area contributed by atoms with E-state index in [0.29, 0.717) is 32.7 Å². The number of hydrogen-bond donors (Lipinski definition) is 1. The quantitative estimate of drug-likeness (QED) is 0.423. The van der Waals surface area contributed by atoms with Crippen molar-refractivity contribution in [3.8, 4) is 11.5 Å². The number of nitrogens with one attached hydrogen (secondary N) is 1. The average molecular weight is 523 g/mol. The molecule has 0 spiro atoms. The first-order chi connectivity index (χ1) is 16.3. The van der Waals surface area contributed by atoms with Crippen LogP contribution in [0.2, 0.25) is 10.0 Å². The predicted octanol–water partition coefficient (Wildman–Crippen LogP) is 4.52. The average Bonchev–Trinajstić information content (AvgIpc) is 2.83. The molecule has 0 fully saturated rings. The van der Waals surface area contributed by atoms with Crippen LogP contribution in [0.4, 0.5) is 0 Å². The summed E-state index contributed by atoms with van der Waals surface area (Å²) in [5, 5.41) is 3.56. The zero-order chi connectivity index (χ0) is 24.7. The van der Waals surface area contributed by atoms with Crippen LogP contribution in [0.5, 0.6) is 11.5 Å². The molecule has 7 nitrogen and oxygen atoms in total. The molecule has 3 aromatic carbocycles. The Hall–Kier alpha value is -2.78. The molecule has 180 valence electrons.